The lowest BCUT2D eigenvalue weighted by molar-refractivity contribution is 0.408. The van der Waals surface area contributed by atoms with Crippen LogP contribution < -0.4 is 5.32 Å². The van der Waals surface area contributed by atoms with Gasteiger partial charge >= 0.3 is 0 Å². The first-order chi connectivity index (χ1) is 5.88. The number of piperidine rings is 1. The summed E-state index contributed by atoms with van der Waals surface area (Å²) in [5.74, 6) is 0. The third kappa shape index (κ3) is 1.39. The Balaban J connectivity index is 2.13. The molecule has 1 atom stereocenters. The zero-order valence-corrected chi connectivity index (χ0v) is 7.47. The minimum atomic E-state index is 0.539. The van der Waals surface area contributed by atoms with Crippen molar-refractivity contribution in [3.05, 3.63) is 23.7 Å². The van der Waals surface area contributed by atoms with E-state index >= 15 is 0 Å². The number of furan rings is 1. The molecular weight excluding hydrogens is 150 g/mol. The molecule has 12 heavy (non-hydrogen) atoms. The van der Waals surface area contributed by atoms with Crippen LogP contribution in [0.25, 0.3) is 0 Å². The summed E-state index contributed by atoms with van der Waals surface area (Å²) in [5.41, 5.74) is 2.61. The van der Waals surface area contributed by atoms with E-state index in [-0.39, 0.29) is 0 Å². The Morgan fingerprint density at radius 1 is 1.42 bits per heavy atom. The average molecular weight is 165 g/mol. The molecule has 1 aromatic heterocycles. The summed E-state index contributed by atoms with van der Waals surface area (Å²) < 4.78 is 5.16. The first-order valence-electron chi connectivity index (χ1n) is 4.64. The van der Waals surface area contributed by atoms with Crippen molar-refractivity contribution in [2.45, 2.75) is 32.2 Å². The highest BCUT2D eigenvalue weighted by Gasteiger charge is 2.17. The minimum absolute atomic E-state index is 0.539. The van der Waals surface area contributed by atoms with Gasteiger partial charge in [0.15, 0.2) is 0 Å². The summed E-state index contributed by atoms with van der Waals surface area (Å²) in [4.78, 5) is 0. The molecule has 0 aliphatic carbocycles. The predicted molar refractivity (Wildman–Crippen MR) is 48.0 cm³/mol. The van der Waals surface area contributed by atoms with Crippen LogP contribution in [-0.2, 0) is 0 Å². The number of aryl methyl sites for hydroxylation is 1. The van der Waals surface area contributed by atoms with Crippen LogP contribution in [0.4, 0.5) is 0 Å². The molecule has 2 rings (SSSR count). The predicted octanol–water partition coefficient (Wildman–Crippen LogP) is 2.40. The zero-order chi connectivity index (χ0) is 8.39. The fourth-order valence-electron chi connectivity index (χ4n) is 1.84. The van der Waals surface area contributed by atoms with E-state index in [2.05, 4.69) is 12.2 Å². The number of nitrogens with one attached hydrogen (secondary N) is 1. The first kappa shape index (κ1) is 7.87. The van der Waals surface area contributed by atoms with Crippen molar-refractivity contribution in [2.24, 2.45) is 0 Å². The number of hydrogen-bond acceptors (Lipinski definition) is 2. The van der Waals surface area contributed by atoms with Gasteiger partial charge in [-0.2, -0.15) is 0 Å². The minimum Gasteiger partial charge on any atom is -0.472 e. The Bertz CT molecular complexity index is 248. The molecule has 1 aliphatic rings. The van der Waals surface area contributed by atoms with Crippen molar-refractivity contribution < 1.29 is 4.42 Å². The molecule has 66 valence electrons. The molecule has 0 bridgehead atoms. The summed E-state index contributed by atoms with van der Waals surface area (Å²) in [6.45, 7) is 3.25. The van der Waals surface area contributed by atoms with Crippen molar-refractivity contribution in [1.82, 2.24) is 5.32 Å². The van der Waals surface area contributed by atoms with Crippen LogP contribution in [0.3, 0.4) is 0 Å². The quantitative estimate of drug-likeness (QED) is 0.691. The summed E-state index contributed by atoms with van der Waals surface area (Å²) in [6.07, 6.45) is 7.60. The normalized spacial score (nSPS) is 24.2. The highest BCUT2D eigenvalue weighted by molar-refractivity contribution is 5.23. The molecule has 2 heteroatoms. The summed E-state index contributed by atoms with van der Waals surface area (Å²) in [6, 6.07) is 0.539. The molecule has 1 aliphatic heterocycles. The monoisotopic (exact) mass is 165 g/mol. The maximum Gasteiger partial charge on any atom is 0.0953 e. The van der Waals surface area contributed by atoms with Gasteiger partial charge in [-0.05, 0) is 31.9 Å². The third-order valence-corrected chi connectivity index (χ3v) is 2.58. The van der Waals surface area contributed by atoms with E-state index in [1.165, 1.54) is 30.4 Å². The maximum absolute atomic E-state index is 5.16. The van der Waals surface area contributed by atoms with E-state index < -0.39 is 0 Å². The summed E-state index contributed by atoms with van der Waals surface area (Å²) in [7, 11) is 0. The molecule has 1 fully saturated rings. The molecule has 0 amide bonds. The van der Waals surface area contributed by atoms with Gasteiger partial charge < -0.3 is 9.73 Å². The highest BCUT2D eigenvalue weighted by Crippen LogP contribution is 2.25. The molecule has 1 saturated heterocycles. The van der Waals surface area contributed by atoms with E-state index in [0.717, 1.165) is 6.54 Å². The second-order valence-corrected chi connectivity index (χ2v) is 3.51. The molecule has 1 N–H and O–H groups in total. The standard InChI is InChI=1S/C10H15NO/c1-8-6-12-7-9(8)10-4-2-3-5-11-10/h6-7,10-11H,2-5H2,1H3/t10-/m0/s1. The van der Waals surface area contributed by atoms with E-state index in [1.807, 2.05) is 12.5 Å². The fraction of sp³-hybridized carbons (Fsp3) is 0.600. The highest BCUT2D eigenvalue weighted by atomic mass is 16.3. The van der Waals surface area contributed by atoms with Crippen LogP contribution in [0.2, 0.25) is 0 Å². The lowest BCUT2D eigenvalue weighted by Gasteiger charge is -2.22. The number of rotatable bonds is 1. The van der Waals surface area contributed by atoms with Crippen molar-refractivity contribution in [1.29, 1.82) is 0 Å². The van der Waals surface area contributed by atoms with Gasteiger partial charge in [0.25, 0.3) is 0 Å². The van der Waals surface area contributed by atoms with Gasteiger partial charge in [0, 0.05) is 11.6 Å². The molecular formula is C10H15NO. The average Bonchev–Trinajstić information content (AvgIpc) is 2.53. The summed E-state index contributed by atoms with van der Waals surface area (Å²) >= 11 is 0. The lowest BCUT2D eigenvalue weighted by Crippen LogP contribution is -2.26. The van der Waals surface area contributed by atoms with E-state index in [0.29, 0.717) is 6.04 Å². The molecule has 0 spiro atoms. The van der Waals surface area contributed by atoms with Crippen LogP contribution in [0.1, 0.15) is 36.4 Å². The molecule has 2 nitrogen and oxygen atoms in total. The smallest absolute Gasteiger partial charge is 0.0953 e. The van der Waals surface area contributed by atoms with E-state index in [4.69, 9.17) is 4.42 Å². The maximum atomic E-state index is 5.16. The zero-order valence-electron chi connectivity index (χ0n) is 7.47. The SMILES string of the molecule is Cc1cocc1[C@@H]1CCCCN1. The van der Waals surface area contributed by atoms with Crippen molar-refractivity contribution in [3.8, 4) is 0 Å². The Morgan fingerprint density at radius 3 is 2.92 bits per heavy atom. The van der Waals surface area contributed by atoms with Gasteiger partial charge in [-0.15, -0.1) is 0 Å². The van der Waals surface area contributed by atoms with Crippen LogP contribution >= 0.6 is 0 Å². The lowest BCUT2D eigenvalue weighted by atomic mass is 9.97. The second-order valence-electron chi connectivity index (χ2n) is 3.51. The van der Waals surface area contributed by atoms with Crippen molar-refractivity contribution >= 4 is 0 Å². The van der Waals surface area contributed by atoms with Crippen molar-refractivity contribution in [2.75, 3.05) is 6.54 Å². The van der Waals surface area contributed by atoms with Gasteiger partial charge in [-0.3, -0.25) is 0 Å². The first-order valence-corrected chi connectivity index (χ1v) is 4.64. The molecule has 2 heterocycles. The third-order valence-electron chi connectivity index (χ3n) is 2.58. The Labute approximate surface area is 73.0 Å². The number of hydrogen-bond donors (Lipinski definition) is 1. The van der Waals surface area contributed by atoms with Crippen LogP contribution in [0, 0.1) is 6.92 Å². The Kier molecular flexibility index (Phi) is 2.17. The van der Waals surface area contributed by atoms with E-state index in [1.54, 1.807) is 0 Å². The Morgan fingerprint density at radius 2 is 2.33 bits per heavy atom. The largest absolute Gasteiger partial charge is 0.472 e. The van der Waals surface area contributed by atoms with Crippen LogP contribution in [-0.4, -0.2) is 6.54 Å². The molecule has 0 aromatic carbocycles. The van der Waals surface area contributed by atoms with Gasteiger partial charge in [0.05, 0.1) is 12.5 Å². The molecule has 1 aromatic rings. The molecule has 0 saturated carbocycles. The van der Waals surface area contributed by atoms with Gasteiger partial charge in [-0.1, -0.05) is 6.42 Å². The second kappa shape index (κ2) is 3.31. The Hall–Kier alpha value is -0.760. The molecule has 0 unspecified atom stereocenters. The van der Waals surface area contributed by atoms with Crippen LogP contribution in [0.15, 0.2) is 16.9 Å². The molecule has 0 radical (unpaired) electrons. The van der Waals surface area contributed by atoms with Gasteiger partial charge in [0.1, 0.15) is 0 Å². The van der Waals surface area contributed by atoms with Crippen molar-refractivity contribution in [3.63, 3.8) is 0 Å². The van der Waals surface area contributed by atoms with Gasteiger partial charge in [0.2, 0.25) is 0 Å². The van der Waals surface area contributed by atoms with Gasteiger partial charge in [-0.25, -0.2) is 0 Å². The van der Waals surface area contributed by atoms with Crippen LogP contribution in [0.5, 0.6) is 0 Å². The fourth-order valence-corrected chi connectivity index (χ4v) is 1.84. The topological polar surface area (TPSA) is 25.2 Å². The van der Waals surface area contributed by atoms with E-state index in [9.17, 15) is 0 Å². The summed E-state index contributed by atoms with van der Waals surface area (Å²) in [5, 5.41) is 3.50.